The Labute approximate surface area is 68.7 Å². The van der Waals surface area contributed by atoms with Crippen LogP contribution in [0.25, 0.3) is 0 Å². The van der Waals surface area contributed by atoms with Gasteiger partial charge >= 0.3 is 0 Å². The van der Waals surface area contributed by atoms with Gasteiger partial charge in [-0.2, -0.15) is 0 Å². The maximum absolute atomic E-state index is 12.5. The van der Waals surface area contributed by atoms with Crippen molar-refractivity contribution in [2.45, 2.75) is 0 Å². The highest BCUT2D eigenvalue weighted by atomic mass is 35.5. The quantitative estimate of drug-likeness (QED) is 0.664. The van der Waals surface area contributed by atoms with Crippen LogP contribution in [-0.4, -0.2) is 7.11 Å². The molecule has 0 saturated carbocycles. The van der Waals surface area contributed by atoms with Crippen LogP contribution in [-0.2, 0) is 0 Å². The van der Waals surface area contributed by atoms with Crippen molar-refractivity contribution in [3.8, 4) is 5.75 Å². The smallest absolute Gasteiger partial charge is 0.160 e. The molecule has 1 aromatic rings. The first-order valence-electron chi connectivity index (χ1n) is 2.93. The molecule has 11 heavy (non-hydrogen) atoms. The maximum atomic E-state index is 12.5. The molecule has 0 amide bonds. The first kappa shape index (κ1) is 8.14. The van der Waals surface area contributed by atoms with Gasteiger partial charge in [0.2, 0.25) is 0 Å². The molecular formula is C7H7ClFNO. The fraction of sp³-hybridized carbons (Fsp3) is 0.143. The molecule has 2 nitrogen and oxygen atoms in total. The predicted octanol–water partition coefficient (Wildman–Crippen LogP) is 2.07. The lowest BCUT2D eigenvalue weighted by Crippen LogP contribution is -1.93. The minimum Gasteiger partial charge on any atom is -0.493 e. The van der Waals surface area contributed by atoms with E-state index in [2.05, 4.69) is 0 Å². The number of anilines is 1. The molecule has 0 spiro atoms. The lowest BCUT2D eigenvalue weighted by molar-refractivity contribution is 0.416. The number of methoxy groups -OCH3 is 1. The molecule has 1 aromatic carbocycles. The van der Waals surface area contributed by atoms with E-state index in [1.54, 1.807) is 0 Å². The highest BCUT2D eigenvalue weighted by molar-refractivity contribution is 6.32. The van der Waals surface area contributed by atoms with Crippen LogP contribution < -0.4 is 10.5 Å². The fourth-order valence-electron chi connectivity index (χ4n) is 0.796. The summed E-state index contributed by atoms with van der Waals surface area (Å²) in [5.41, 5.74) is 5.59. The van der Waals surface area contributed by atoms with Crippen molar-refractivity contribution in [2.24, 2.45) is 0 Å². The van der Waals surface area contributed by atoms with Crippen molar-refractivity contribution < 1.29 is 9.13 Å². The van der Waals surface area contributed by atoms with Crippen LogP contribution in [0, 0.1) is 5.82 Å². The monoisotopic (exact) mass is 175 g/mol. The van der Waals surface area contributed by atoms with Gasteiger partial charge in [-0.15, -0.1) is 0 Å². The molecule has 0 aliphatic carbocycles. The Morgan fingerprint density at radius 1 is 1.55 bits per heavy atom. The summed E-state index contributed by atoms with van der Waals surface area (Å²) in [6, 6.07) is 2.31. The summed E-state index contributed by atoms with van der Waals surface area (Å²) in [4.78, 5) is 0. The second-order valence-electron chi connectivity index (χ2n) is 2.01. The minimum absolute atomic E-state index is 0.185. The van der Waals surface area contributed by atoms with Gasteiger partial charge in [0, 0.05) is 6.07 Å². The van der Waals surface area contributed by atoms with E-state index < -0.39 is 5.82 Å². The Hall–Kier alpha value is -0.960. The molecule has 0 aliphatic heterocycles. The average molecular weight is 176 g/mol. The van der Waals surface area contributed by atoms with Gasteiger partial charge < -0.3 is 10.5 Å². The zero-order chi connectivity index (χ0) is 8.43. The third-order valence-corrected chi connectivity index (χ3v) is 1.52. The molecule has 0 radical (unpaired) electrons. The van der Waals surface area contributed by atoms with Crippen molar-refractivity contribution >= 4 is 17.3 Å². The molecule has 4 heteroatoms. The van der Waals surface area contributed by atoms with Crippen LogP contribution in [0.2, 0.25) is 5.02 Å². The van der Waals surface area contributed by atoms with Gasteiger partial charge in [0.15, 0.2) is 5.75 Å². The molecule has 0 aromatic heterocycles. The molecule has 60 valence electrons. The summed E-state index contributed by atoms with van der Waals surface area (Å²) in [6.07, 6.45) is 0. The van der Waals surface area contributed by atoms with Gasteiger partial charge in [-0.25, -0.2) is 4.39 Å². The Morgan fingerprint density at radius 2 is 2.18 bits per heavy atom. The number of nitrogens with two attached hydrogens (primary N) is 1. The molecular weight excluding hydrogens is 169 g/mol. The van der Waals surface area contributed by atoms with Crippen LogP contribution in [0.1, 0.15) is 0 Å². The molecule has 2 N–H and O–H groups in total. The second kappa shape index (κ2) is 2.96. The fourth-order valence-corrected chi connectivity index (χ4v) is 1.09. The lowest BCUT2D eigenvalue weighted by Gasteiger charge is -2.05. The van der Waals surface area contributed by atoms with Crippen LogP contribution >= 0.6 is 11.6 Å². The number of nitrogen functional groups attached to an aromatic ring is 1. The highest BCUT2D eigenvalue weighted by Crippen LogP contribution is 2.31. The number of benzene rings is 1. The van der Waals surface area contributed by atoms with Gasteiger partial charge in [0.1, 0.15) is 5.82 Å². The summed E-state index contributed by atoms with van der Waals surface area (Å²) in [5, 5.41) is 0.185. The Morgan fingerprint density at radius 3 is 2.64 bits per heavy atom. The summed E-state index contributed by atoms with van der Waals surface area (Å²) in [7, 11) is 1.43. The Bertz CT molecular complexity index is 254. The van der Waals surface area contributed by atoms with E-state index in [1.807, 2.05) is 0 Å². The topological polar surface area (TPSA) is 35.2 Å². The number of rotatable bonds is 1. The van der Waals surface area contributed by atoms with Crippen LogP contribution in [0.4, 0.5) is 10.1 Å². The van der Waals surface area contributed by atoms with Gasteiger partial charge in [-0.05, 0) is 6.07 Å². The van der Waals surface area contributed by atoms with E-state index in [9.17, 15) is 4.39 Å². The lowest BCUT2D eigenvalue weighted by atomic mass is 10.3. The normalized spacial score (nSPS) is 9.73. The standard InChI is InChI=1S/C7H7ClFNO/c1-11-7-5(8)2-4(9)3-6(7)10/h2-3H,10H2,1H3. The summed E-state index contributed by atoms with van der Waals surface area (Å²) in [5.74, 6) is -0.152. The number of halogens is 2. The third-order valence-electron chi connectivity index (χ3n) is 1.24. The van der Waals surface area contributed by atoms with E-state index in [0.717, 1.165) is 12.1 Å². The molecule has 0 heterocycles. The highest BCUT2D eigenvalue weighted by Gasteiger charge is 2.06. The number of ether oxygens (including phenoxy) is 1. The van der Waals surface area contributed by atoms with Crippen LogP contribution in [0.15, 0.2) is 12.1 Å². The minimum atomic E-state index is -0.465. The first-order valence-corrected chi connectivity index (χ1v) is 3.31. The number of hydrogen-bond acceptors (Lipinski definition) is 2. The molecule has 0 fully saturated rings. The molecule has 0 saturated heterocycles. The predicted molar refractivity (Wildman–Crippen MR) is 42.4 cm³/mol. The zero-order valence-electron chi connectivity index (χ0n) is 5.90. The Kier molecular flexibility index (Phi) is 2.19. The van der Waals surface area contributed by atoms with Crippen molar-refractivity contribution in [1.29, 1.82) is 0 Å². The molecule has 0 aliphatic rings. The molecule has 0 unspecified atom stereocenters. The van der Waals surface area contributed by atoms with Crippen LogP contribution in [0.5, 0.6) is 5.75 Å². The van der Waals surface area contributed by atoms with Crippen molar-refractivity contribution in [3.63, 3.8) is 0 Å². The molecule has 0 atom stereocenters. The Balaban J connectivity index is 3.25. The van der Waals surface area contributed by atoms with Crippen molar-refractivity contribution in [3.05, 3.63) is 23.0 Å². The van der Waals surface area contributed by atoms with Crippen LogP contribution in [0.3, 0.4) is 0 Å². The molecule has 1 rings (SSSR count). The largest absolute Gasteiger partial charge is 0.493 e. The second-order valence-corrected chi connectivity index (χ2v) is 2.42. The van der Waals surface area contributed by atoms with E-state index in [-0.39, 0.29) is 10.7 Å². The number of hydrogen-bond donors (Lipinski definition) is 1. The van der Waals surface area contributed by atoms with Gasteiger partial charge in [0.05, 0.1) is 17.8 Å². The summed E-state index contributed by atoms with van der Waals surface area (Å²) < 4.78 is 17.3. The molecule has 0 bridgehead atoms. The van der Waals surface area contributed by atoms with Gasteiger partial charge in [-0.1, -0.05) is 11.6 Å². The van der Waals surface area contributed by atoms with E-state index >= 15 is 0 Å². The summed E-state index contributed by atoms with van der Waals surface area (Å²) >= 11 is 5.59. The van der Waals surface area contributed by atoms with E-state index in [0.29, 0.717) is 5.75 Å². The first-order chi connectivity index (χ1) is 5.15. The van der Waals surface area contributed by atoms with E-state index in [1.165, 1.54) is 7.11 Å². The summed E-state index contributed by atoms with van der Waals surface area (Å²) in [6.45, 7) is 0. The SMILES string of the molecule is COc1c(N)cc(F)cc1Cl. The van der Waals surface area contributed by atoms with E-state index in [4.69, 9.17) is 22.1 Å². The van der Waals surface area contributed by atoms with Gasteiger partial charge in [0.25, 0.3) is 0 Å². The average Bonchev–Trinajstić information content (AvgIpc) is 1.85. The van der Waals surface area contributed by atoms with Crippen molar-refractivity contribution in [2.75, 3.05) is 12.8 Å². The maximum Gasteiger partial charge on any atom is 0.160 e. The van der Waals surface area contributed by atoms with Crippen molar-refractivity contribution in [1.82, 2.24) is 0 Å². The third kappa shape index (κ3) is 1.54. The van der Waals surface area contributed by atoms with Gasteiger partial charge in [-0.3, -0.25) is 0 Å². The zero-order valence-corrected chi connectivity index (χ0v) is 6.65.